The van der Waals surface area contributed by atoms with E-state index in [1.54, 1.807) is 0 Å². The van der Waals surface area contributed by atoms with Crippen molar-refractivity contribution in [2.45, 2.75) is 41.5 Å². The molecule has 3 rings (SSSR count). The number of hydrogen-bond donors (Lipinski definition) is 0. The molecule has 1 heterocycles. The van der Waals surface area contributed by atoms with Crippen molar-refractivity contribution in [3.63, 3.8) is 0 Å². The van der Waals surface area contributed by atoms with E-state index < -0.39 is 0 Å². The first-order valence-corrected chi connectivity index (χ1v) is 8.24. The summed E-state index contributed by atoms with van der Waals surface area (Å²) in [5.41, 5.74) is 10.7. The van der Waals surface area contributed by atoms with Gasteiger partial charge in [-0.15, -0.1) is 24.0 Å². The molecule has 128 valence electrons. The lowest BCUT2D eigenvalue weighted by molar-refractivity contribution is 0.954. The van der Waals surface area contributed by atoms with E-state index in [0.717, 1.165) is 6.67 Å². The maximum Gasteiger partial charge on any atom is 0.0989 e. The Kier molecular flexibility index (Phi) is 5.63. The first-order valence-electron chi connectivity index (χ1n) is 8.24. The first kappa shape index (κ1) is 18.8. The molecule has 0 radical (unpaired) electrons. The number of nitrogens with zero attached hydrogens (tertiary/aromatic N) is 2. The van der Waals surface area contributed by atoms with Crippen LogP contribution in [0.5, 0.6) is 0 Å². The monoisotopic (exact) mass is 434 g/mol. The van der Waals surface area contributed by atoms with Crippen molar-refractivity contribution in [3.05, 3.63) is 70.0 Å². The summed E-state index contributed by atoms with van der Waals surface area (Å²) in [5, 5.41) is 0. The quantitative estimate of drug-likeness (QED) is 0.543. The molecule has 0 spiro atoms. The van der Waals surface area contributed by atoms with Gasteiger partial charge in [0.15, 0.2) is 0 Å². The van der Waals surface area contributed by atoms with Crippen LogP contribution in [0.3, 0.4) is 0 Å². The molecule has 1 aliphatic rings. The Morgan fingerprint density at radius 1 is 0.583 bits per heavy atom. The third kappa shape index (κ3) is 3.46. The number of rotatable bonds is 2. The predicted octanol–water partition coefficient (Wildman–Crippen LogP) is 5.91. The highest BCUT2D eigenvalue weighted by Crippen LogP contribution is 2.33. The highest BCUT2D eigenvalue weighted by molar-refractivity contribution is 14.0. The van der Waals surface area contributed by atoms with E-state index in [-0.39, 0.29) is 24.0 Å². The van der Waals surface area contributed by atoms with E-state index in [0.29, 0.717) is 0 Å². The molecule has 0 fully saturated rings. The largest absolute Gasteiger partial charge is 0.328 e. The Labute approximate surface area is 163 Å². The van der Waals surface area contributed by atoms with Gasteiger partial charge in [-0.25, -0.2) is 0 Å². The highest BCUT2D eigenvalue weighted by atomic mass is 127. The molecule has 3 heteroatoms. The molecule has 0 atom stereocenters. The predicted molar refractivity (Wildman–Crippen MR) is 116 cm³/mol. The van der Waals surface area contributed by atoms with Crippen molar-refractivity contribution in [2.75, 3.05) is 16.5 Å². The van der Waals surface area contributed by atoms with Crippen molar-refractivity contribution in [1.82, 2.24) is 0 Å². The zero-order valence-corrected chi connectivity index (χ0v) is 17.8. The van der Waals surface area contributed by atoms with Crippen LogP contribution < -0.4 is 9.80 Å². The average molecular weight is 434 g/mol. The normalized spacial score (nSPS) is 13.4. The minimum absolute atomic E-state index is 0. The maximum absolute atomic E-state index is 2.35. The zero-order valence-electron chi connectivity index (χ0n) is 15.5. The Morgan fingerprint density at radius 3 is 1.17 bits per heavy atom. The Bertz CT molecular complexity index is 681. The van der Waals surface area contributed by atoms with Crippen LogP contribution in [-0.4, -0.2) is 6.67 Å². The molecule has 0 unspecified atom stereocenters. The van der Waals surface area contributed by atoms with Crippen LogP contribution in [0.2, 0.25) is 0 Å². The van der Waals surface area contributed by atoms with Gasteiger partial charge in [0.05, 0.1) is 6.67 Å². The SMILES string of the molecule is Cc1cc(C)c(N2C=CN(c3c(C)cc(C)cc3C)C2)c(C)c1.I. The van der Waals surface area contributed by atoms with E-state index in [1.807, 2.05) is 0 Å². The van der Waals surface area contributed by atoms with Gasteiger partial charge in [-0.3, -0.25) is 0 Å². The molecule has 1 aliphatic heterocycles. The summed E-state index contributed by atoms with van der Waals surface area (Å²) in [6.45, 7) is 14.0. The third-order valence-corrected chi connectivity index (χ3v) is 4.58. The second-order valence-electron chi connectivity index (χ2n) is 6.87. The van der Waals surface area contributed by atoms with E-state index in [4.69, 9.17) is 0 Å². The number of anilines is 2. The number of aryl methyl sites for hydroxylation is 6. The van der Waals surface area contributed by atoms with Crippen molar-refractivity contribution in [2.24, 2.45) is 0 Å². The van der Waals surface area contributed by atoms with Gasteiger partial charge in [0.2, 0.25) is 0 Å². The van der Waals surface area contributed by atoms with Gasteiger partial charge in [-0.2, -0.15) is 0 Å². The Morgan fingerprint density at radius 2 is 0.875 bits per heavy atom. The number of halogens is 1. The minimum Gasteiger partial charge on any atom is -0.328 e. The molecule has 24 heavy (non-hydrogen) atoms. The summed E-state index contributed by atoms with van der Waals surface area (Å²) in [6.07, 6.45) is 4.40. The van der Waals surface area contributed by atoms with Crippen LogP contribution in [0.15, 0.2) is 36.7 Å². The third-order valence-electron chi connectivity index (χ3n) is 4.58. The van der Waals surface area contributed by atoms with Gasteiger partial charge in [0.1, 0.15) is 0 Å². The molecular weight excluding hydrogens is 407 g/mol. The van der Waals surface area contributed by atoms with Crippen LogP contribution in [-0.2, 0) is 0 Å². The topological polar surface area (TPSA) is 6.48 Å². The van der Waals surface area contributed by atoms with E-state index in [9.17, 15) is 0 Å². The van der Waals surface area contributed by atoms with Crippen LogP contribution in [0.4, 0.5) is 11.4 Å². The summed E-state index contributed by atoms with van der Waals surface area (Å²) in [6, 6.07) is 9.06. The van der Waals surface area contributed by atoms with E-state index >= 15 is 0 Å². The van der Waals surface area contributed by atoms with Gasteiger partial charge in [0, 0.05) is 23.8 Å². The lowest BCUT2D eigenvalue weighted by Crippen LogP contribution is -2.26. The van der Waals surface area contributed by atoms with Gasteiger partial charge in [-0.05, 0) is 63.8 Å². The molecule has 2 aromatic carbocycles. The van der Waals surface area contributed by atoms with Crippen LogP contribution in [0.25, 0.3) is 0 Å². The molecular formula is C21H27IN2. The van der Waals surface area contributed by atoms with Crippen molar-refractivity contribution >= 4 is 35.4 Å². The fourth-order valence-electron chi connectivity index (χ4n) is 3.96. The van der Waals surface area contributed by atoms with Crippen molar-refractivity contribution in [1.29, 1.82) is 0 Å². The second-order valence-corrected chi connectivity index (χ2v) is 6.87. The zero-order chi connectivity index (χ0) is 16.7. The fourth-order valence-corrected chi connectivity index (χ4v) is 3.96. The van der Waals surface area contributed by atoms with Crippen molar-refractivity contribution in [3.8, 4) is 0 Å². The van der Waals surface area contributed by atoms with Gasteiger partial charge >= 0.3 is 0 Å². The molecule has 0 saturated heterocycles. The molecule has 0 N–H and O–H groups in total. The van der Waals surface area contributed by atoms with E-state index in [1.165, 1.54) is 44.8 Å². The number of hydrogen-bond acceptors (Lipinski definition) is 2. The summed E-state index contributed by atoms with van der Waals surface area (Å²) >= 11 is 0. The smallest absolute Gasteiger partial charge is 0.0989 e. The van der Waals surface area contributed by atoms with Gasteiger partial charge < -0.3 is 9.80 Å². The lowest BCUT2D eigenvalue weighted by atomic mass is 10.0. The maximum atomic E-state index is 2.35. The van der Waals surface area contributed by atoms with Crippen LogP contribution in [0, 0.1) is 41.5 Å². The molecule has 2 nitrogen and oxygen atoms in total. The molecule has 2 aromatic rings. The molecule has 0 aliphatic carbocycles. The summed E-state index contributed by atoms with van der Waals surface area (Å²) in [5.74, 6) is 0. The lowest BCUT2D eigenvalue weighted by Gasteiger charge is -2.27. The van der Waals surface area contributed by atoms with Gasteiger partial charge in [0.25, 0.3) is 0 Å². The molecule has 0 aromatic heterocycles. The van der Waals surface area contributed by atoms with Gasteiger partial charge in [-0.1, -0.05) is 35.4 Å². The first-order chi connectivity index (χ1) is 10.9. The standard InChI is InChI=1S/C21H26N2.HI/c1-14-9-16(3)20(17(4)10-14)22-7-8-23(13-22)21-18(5)11-15(2)12-19(21)6;/h7-12H,13H2,1-6H3;1H. The Hall–Kier alpha value is -1.49. The average Bonchev–Trinajstić information content (AvgIpc) is 2.85. The summed E-state index contributed by atoms with van der Waals surface area (Å²) in [4.78, 5) is 4.70. The van der Waals surface area contributed by atoms with Crippen molar-refractivity contribution < 1.29 is 0 Å². The highest BCUT2D eigenvalue weighted by Gasteiger charge is 2.21. The molecule has 0 bridgehead atoms. The molecule has 0 saturated carbocycles. The summed E-state index contributed by atoms with van der Waals surface area (Å²) in [7, 11) is 0. The molecule has 0 amide bonds. The van der Waals surface area contributed by atoms with Crippen LogP contribution >= 0.6 is 24.0 Å². The second kappa shape index (κ2) is 7.18. The van der Waals surface area contributed by atoms with E-state index in [2.05, 4.69) is 88.0 Å². The fraction of sp³-hybridized carbons (Fsp3) is 0.333. The van der Waals surface area contributed by atoms with Crippen LogP contribution in [0.1, 0.15) is 33.4 Å². The minimum atomic E-state index is 0. The Balaban J connectivity index is 0.00000208. The summed E-state index contributed by atoms with van der Waals surface area (Å²) < 4.78 is 0. The number of benzene rings is 2.